The lowest BCUT2D eigenvalue weighted by Gasteiger charge is -2.37. The number of fused-ring (bicyclic) bond motifs is 1. The number of thiophene rings is 1. The molecule has 38 heavy (non-hydrogen) atoms. The summed E-state index contributed by atoms with van der Waals surface area (Å²) in [5.41, 5.74) is 2.55. The Morgan fingerprint density at radius 1 is 1.16 bits per heavy atom. The van der Waals surface area contributed by atoms with E-state index in [0.29, 0.717) is 38.6 Å². The van der Waals surface area contributed by atoms with Crippen molar-refractivity contribution >= 4 is 23.2 Å². The fourth-order valence-corrected chi connectivity index (χ4v) is 5.64. The summed E-state index contributed by atoms with van der Waals surface area (Å²) in [6.07, 6.45) is 1.33. The van der Waals surface area contributed by atoms with Gasteiger partial charge in [0.2, 0.25) is 5.91 Å². The van der Waals surface area contributed by atoms with Gasteiger partial charge in [-0.1, -0.05) is 32.0 Å². The Labute approximate surface area is 228 Å². The zero-order valence-corrected chi connectivity index (χ0v) is 23.0. The Balaban J connectivity index is 1.51. The SMILES string of the molecule is COCCCN(CC(=O)N1CCc2sccc2[C@H]1COc1ccc(C(C)C)cc1)C(=O)c1cccc(F)c1. The van der Waals surface area contributed by atoms with Crippen LogP contribution < -0.4 is 4.74 Å². The number of nitrogens with zero attached hydrogens (tertiary/aromatic N) is 2. The highest BCUT2D eigenvalue weighted by molar-refractivity contribution is 7.10. The van der Waals surface area contributed by atoms with Crippen LogP contribution in [0, 0.1) is 5.82 Å². The van der Waals surface area contributed by atoms with Gasteiger partial charge in [0, 0.05) is 37.2 Å². The van der Waals surface area contributed by atoms with Crippen molar-refractivity contribution in [3.8, 4) is 5.75 Å². The molecule has 0 aliphatic carbocycles. The number of carbonyl (C=O) groups excluding carboxylic acids is 2. The molecule has 1 aliphatic heterocycles. The first kappa shape index (κ1) is 27.8. The minimum atomic E-state index is -0.487. The highest BCUT2D eigenvalue weighted by atomic mass is 32.1. The summed E-state index contributed by atoms with van der Waals surface area (Å²) in [5.74, 6) is 0.170. The average molecular weight is 539 g/mol. The molecule has 0 saturated carbocycles. The molecule has 0 fully saturated rings. The van der Waals surface area contributed by atoms with Gasteiger partial charge in [-0.25, -0.2) is 4.39 Å². The van der Waals surface area contributed by atoms with Crippen molar-refractivity contribution in [2.24, 2.45) is 0 Å². The number of carbonyl (C=O) groups is 2. The molecule has 1 aromatic heterocycles. The van der Waals surface area contributed by atoms with Crippen molar-refractivity contribution in [2.75, 3.05) is 40.0 Å². The van der Waals surface area contributed by atoms with Crippen molar-refractivity contribution in [1.82, 2.24) is 9.80 Å². The van der Waals surface area contributed by atoms with E-state index in [4.69, 9.17) is 9.47 Å². The quantitative estimate of drug-likeness (QED) is 0.294. The Morgan fingerprint density at radius 2 is 1.95 bits per heavy atom. The Bertz CT molecular complexity index is 1230. The molecule has 8 heteroatoms. The maximum Gasteiger partial charge on any atom is 0.254 e. The Kier molecular flexibility index (Phi) is 9.53. The van der Waals surface area contributed by atoms with E-state index in [0.717, 1.165) is 17.7 Å². The van der Waals surface area contributed by atoms with E-state index in [1.54, 1.807) is 24.5 Å². The largest absolute Gasteiger partial charge is 0.491 e. The van der Waals surface area contributed by atoms with Gasteiger partial charge in [-0.2, -0.15) is 0 Å². The summed E-state index contributed by atoms with van der Waals surface area (Å²) in [5, 5.41) is 2.05. The molecule has 0 radical (unpaired) electrons. The van der Waals surface area contributed by atoms with Crippen LogP contribution in [-0.2, 0) is 16.0 Å². The third kappa shape index (κ3) is 6.79. The molecule has 4 rings (SSSR count). The Hall–Kier alpha value is -3.23. The van der Waals surface area contributed by atoms with Crippen LogP contribution in [0.1, 0.15) is 58.6 Å². The number of methoxy groups -OCH3 is 1. The monoisotopic (exact) mass is 538 g/mol. The lowest BCUT2D eigenvalue weighted by Crippen LogP contribution is -2.48. The van der Waals surface area contributed by atoms with Crippen LogP contribution >= 0.6 is 11.3 Å². The smallest absolute Gasteiger partial charge is 0.254 e. The minimum absolute atomic E-state index is 0.0991. The second-order valence-electron chi connectivity index (χ2n) is 9.77. The summed E-state index contributed by atoms with van der Waals surface area (Å²) >= 11 is 1.69. The second-order valence-corrected chi connectivity index (χ2v) is 10.8. The topological polar surface area (TPSA) is 59.1 Å². The van der Waals surface area contributed by atoms with Gasteiger partial charge in [-0.3, -0.25) is 9.59 Å². The molecule has 202 valence electrons. The molecule has 0 spiro atoms. The predicted molar refractivity (Wildman–Crippen MR) is 147 cm³/mol. The highest BCUT2D eigenvalue weighted by Gasteiger charge is 2.33. The first-order chi connectivity index (χ1) is 18.4. The molecule has 3 aromatic rings. The molecular formula is C30H35FN2O4S. The van der Waals surface area contributed by atoms with Crippen molar-refractivity contribution in [3.63, 3.8) is 0 Å². The van der Waals surface area contributed by atoms with Crippen molar-refractivity contribution in [2.45, 2.75) is 38.6 Å². The van der Waals surface area contributed by atoms with Gasteiger partial charge in [-0.05, 0) is 71.7 Å². The zero-order valence-electron chi connectivity index (χ0n) is 22.2. The number of amides is 2. The highest BCUT2D eigenvalue weighted by Crippen LogP contribution is 2.34. The molecule has 0 N–H and O–H groups in total. The molecule has 0 bridgehead atoms. The van der Waals surface area contributed by atoms with Crippen LogP contribution in [-0.4, -0.2) is 61.6 Å². The number of hydrogen-bond donors (Lipinski definition) is 0. The molecule has 6 nitrogen and oxygen atoms in total. The van der Waals surface area contributed by atoms with Crippen molar-refractivity contribution in [1.29, 1.82) is 0 Å². The van der Waals surface area contributed by atoms with Crippen LogP contribution in [0.15, 0.2) is 60.0 Å². The van der Waals surface area contributed by atoms with Gasteiger partial charge in [0.25, 0.3) is 5.91 Å². The van der Waals surface area contributed by atoms with Crippen LogP contribution in [0.2, 0.25) is 0 Å². The van der Waals surface area contributed by atoms with E-state index in [9.17, 15) is 14.0 Å². The standard InChI is InChI=1S/C30H35FN2O4S/c1-21(2)22-8-10-25(11-9-22)37-20-27-26-13-17-38-28(26)12-15-33(27)29(34)19-32(14-5-16-36-3)30(35)23-6-4-7-24(31)18-23/h4,6-11,13,17-18,21,27H,5,12,14-16,19-20H2,1-3H3/t27-/m1/s1. The molecule has 2 aromatic carbocycles. The number of ether oxygens (including phenoxy) is 2. The number of hydrogen-bond acceptors (Lipinski definition) is 5. The molecule has 2 amide bonds. The summed E-state index contributed by atoms with van der Waals surface area (Å²) < 4.78 is 25.1. The normalized spacial score (nSPS) is 14.9. The van der Waals surface area contributed by atoms with Crippen LogP contribution in [0.4, 0.5) is 4.39 Å². The number of benzene rings is 2. The van der Waals surface area contributed by atoms with E-state index in [1.807, 2.05) is 22.4 Å². The van der Waals surface area contributed by atoms with Crippen LogP contribution in [0.3, 0.4) is 0 Å². The van der Waals surface area contributed by atoms with Gasteiger partial charge in [0.05, 0.1) is 6.04 Å². The molecule has 0 unspecified atom stereocenters. The lowest BCUT2D eigenvalue weighted by atomic mass is 10.00. The molecule has 2 heterocycles. The van der Waals surface area contributed by atoms with E-state index >= 15 is 0 Å². The van der Waals surface area contributed by atoms with Crippen LogP contribution in [0.25, 0.3) is 0 Å². The van der Waals surface area contributed by atoms with Crippen molar-refractivity contribution < 1.29 is 23.5 Å². The number of rotatable bonds is 11. The molecule has 0 saturated heterocycles. The minimum Gasteiger partial charge on any atom is -0.491 e. The van der Waals surface area contributed by atoms with Crippen molar-refractivity contribution in [3.05, 3.63) is 87.4 Å². The first-order valence-electron chi connectivity index (χ1n) is 13.0. The van der Waals surface area contributed by atoms with E-state index in [1.165, 1.54) is 33.5 Å². The van der Waals surface area contributed by atoms with E-state index < -0.39 is 5.82 Å². The van der Waals surface area contributed by atoms with Gasteiger partial charge in [-0.15, -0.1) is 11.3 Å². The summed E-state index contributed by atoms with van der Waals surface area (Å²) in [4.78, 5) is 31.5. The van der Waals surface area contributed by atoms with Gasteiger partial charge >= 0.3 is 0 Å². The maximum atomic E-state index is 13.8. The number of halogens is 1. The lowest BCUT2D eigenvalue weighted by molar-refractivity contribution is -0.135. The van der Waals surface area contributed by atoms with E-state index in [-0.39, 0.29) is 30.0 Å². The Morgan fingerprint density at radius 3 is 2.66 bits per heavy atom. The third-order valence-corrected chi connectivity index (χ3v) is 7.83. The predicted octanol–water partition coefficient (Wildman–Crippen LogP) is 5.69. The maximum absolute atomic E-state index is 13.8. The van der Waals surface area contributed by atoms with Crippen LogP contribution in [0.5, 0.6) is 5.75 Å². The van der Waals surface area contributed by atoms with E-state index in [2.05, 4.69) is 32.0 Å². The van der Waals surface area contributed by atoms with Gasteiger partial charge in [0.15, 0.2) is 0 Å². The van der Waals surface area contributed by atoms with Gasteiger partial charge < -0.3 is 19.3 Å². The second kappa shape index (κ2) is 13.0. The fourth-order valence-electron chi connectivity index (χ4n) is 4.71. The molecular weight excluding hydrogens is 503 g/mol. The average Bonchev–Trinajstić information content (AvgIpc) is 3.40. The summed E-state index contributed by atoms with van der Waals surface area (Å²) in [6, 6.07) is 15.4. The third-order valence-electron chi connectivity index (χ3n) is 6.83. The first-order valence-corrected chi connectivity index (χ1v) is 13.9. The molecule has 1 aliphatic rings. The fraction of sp³-hybridized carbons (Fsp3) is 0.400. The van der Waals surface area contributed by atoms with Gasteiger partial charge in [0.1, 0.15) is 24.7 Å². The summed E-state index contributed by atoms with van der Waals surface area (Å²) in [7, 11) is 1.59. The molecule has 1 atom stereocenters. The summed E-state index contributed by atoms with van der Waals surface area (Å²) in [6.45, 7) is 5.85. The zero-order chi connectivity index (χ0) is 27.1.